The van der Waals surface area contributed by atoms with E-state index in [0.717, 1.165) is 0 Å². The van der Waals surface area contributed by atoms with Crippen molar-refractivity contribution in [1.29, 1.82) is 0 Å². The summed E-state index contributed by atoms with van der Waals surface area (Å²) in [5, 5.41) is 12.2. The van der Waals surface area contributed by atoms with Gasteiger partial charge in [-0.15, -0.1) is 0 Å². The van der Waals surface area contributed by atoms with Crippen LogP contribution in [-0.2, 0) is 19.0 Å². The number of anilines is 1. The molecule has 0 fully saturated rings. The van der Waals surface area contributed by atoms with Crippen LogP contribution in [0.15, 0.2) is 18.2 Å². The maximum absolute atomic E-state index is 11.5. The zero-order valence-electron chi connectivity index (χ0n) is 11.3. The van der Waals surface area contributed by atoms with Crippen LogP contribution in [0.2, 0.25) is 0 Å². The third-order valence-corrected chi connectivity index (χ3v) is 2.36. The van der Waals surface area contributed by atoms with Crippen molar-refractivity contribution in [2.24, 2.45) is 0 Å². The predicted molar refractivity (Wildman–Crippen MR) is 70.8 cm³/mol. The number of nitrogens with one attached hydrogen (secondary N) is 1. The number of hydrogen-bond acceptors (Lipinski definition) is 6. The highest BCUT2D eigenvalue weighted by molar-refractivity contribution is 5.95. The maximum Gasteiger partial charge on any atom is 0.337 e. The van der Waals surface area contributed by atoms with Crippen molar-refractivity contribution < 1.29 is 28.9 Å². The Balaban J connectivity index is 2.55. The Morgan fingerprint density at radius 1 is 1.25 bits per heavy atom. The van der Waals surface area contributed by atoms with Gasteiger partial charge in [-0.05, 0) is 18.2 Å². The normalized spacial score (nSPS) is 10.1. The van der Waals surface area contributed by atoms with Gasteiger partial charge in [0.1, 0.15) is 12.4 Å². The number of ether oxygens (including phenoxy) is 3. The molecule has 110 valence electrons. The summed E-state index contributed by atoms with van der Waals surface area (Å²) in [4.78, 5) is 22.8. The van der Waals surface area contributed by atoms with Gasteiger partial charge in [-0.1, -0.05) is 0 Å². The minimum atomic E-state index is -0.568. The summed E-state index contributed by atoms with van der Waals surface area (Å²) >= 11 is 0. The molecule has 1 rings (SSSR count). The SMILES string of the molecule is COCCOCC(=O)Nc1ccc(C(=O)OC)cc1O. The van der Waals surface area contributed by atoms with Crippen LogP contribution in [0.3, 0.4) is 0 Å². The second kappa shape index (κ2) is 8.13. The Kier molecular flexibility index (Phi) is 6.48. The number of phenols is 1. The molecule has 0 radical (unpaired) electrons. The molecule has 0 aliphatic rings. The molecule has 0 aliphatic carbocycles. The van der Waals surface area contributed by atoms with Crippen LogP contribution in [0.5, 0.6) is 5.75 Å². The molecule has 0 spiro atoms. The van der Waals surface area contributed by atoms with E-state index in [2.05, 4.69) is 10.1 Å². The smallest absolute Gasteiger partial charge is 0.337 e. The van der Waals surface area contributed by atoms with Gasteiger partial charge < -0.3 is 24.6 Å². The zero-order chi connectivity index (χ0) is 15.0. The number of carbonyl (C=O) groups is 2. The number of rotatable bonds is 7. The molecule has 7 heteroatoms. The topological polar surface area (TPSA) is 94.1 Å². The van der Waals surface area contributed by atoms with Crippen molar-refractivity contribution in [1.82, 2.24) is 0 Å². The average Bonchev–Trinajstić information content (AvgIpc) is 2.45. The number of methoxy groups -OCH3 is 2. The Morgan fingerprint density at radius 3 is 2.60 bits per heavy atom. The Morgan fingerprint density at radius 2 is 2.00 bits per heavy atom. The van der Waals surface area contributed by atoms with Crippen molar-refractivity contribution in [2.75, 3.05) is 39.4 Å². The molecule has 0 saturated carbocycles. The fourth-order valence-electron chi connectivity index (χ4n) is 1.38. The van der Waals surface area contributed by atoms with E-state index in [9.17, 15) is 14.7 Å². The molecular formula is C13H17NO6. The van der Waals surface area contributed by atoms with Crippen LogP contribution >= 0.6 is 0 Å². The molecule has 7 nitrogen and oxygen atoms in total. The number of carbonyl (C=O) groups excluding carboxylic acids is 2. The quantitative estimate of drug-likeness (QED) is 0.436. The first-order chi connectivity index (χ1) is 9.58. The Bertz CT molecular complexity index is 474. The Hall–Kier alpha value is -2.12. The van der Waals surface area contributed by atoms with Crippen molar-refractivity contribution in [3.8, 4) is 5.75 Å². The van der Waals surface area contributed by atoms with Crippen LogP contribution in [0.4, 0.5) is 5.69 Å². The van der Waals surface area contributed by atoms with E-state index in [1.54, 1.807) is 0 Å². The zero-order valence-corrected chi connectivity index (χ0v) is 11.3. The summed E-state index contributed by atoms with van der Waals surface area (Å²) in [5.74, 6) is -1.21. The highest BCUT2D eigenvalue weighted by atomic mass is 16.5. The molecule has 0 heterocycles. The molecule has 1 aromatic carbocycles. The van der Waals surface area contributed by atoms with Crippen molar-refractivity contribution in [3.63, 3.8) is 0 Å². The molecule has 0 saturated heterocycles. The number of hydrogen-bond donors (Lipinski definition) is 2. The number of benzene rings is 1. The van der Waals surface area contributed by atoms with Gasteiger partial charge in [0.05, 0.1) is 31.6 Å². The summed E-state index contributed by atoms with van der Waals surface area (Å²) in [6.07, 6.45) is 0. The summed E-state index contributed by atoms with van der Waals surface area (Å²) in [6, 6.07) is 4.06. The van der Waals surface area contributed by atoms with Gasteiger partial charge in [0.15, 0.2) is 0 Å². The van der Waals surface area contributed by atoms with Crippen molar-refractivity contribution in [2.45, 2.75) is 0 Å². The maximum atomic E-state index is 11.5. The summed E-state index contributed by atoms with van der Waals surface area (Å²) in [6.45, 7) is 0.547. The lowest BCUT2D eigenvalue weighted by Gasteiger charge is -2.09. The van der Waals surface area contributed by atoms with Crippen LogP contribution in [-0.4, -0.2) is 51.0 Å². The van der Waals surface area contributed by atoms with Crippen LogP contribution in [0.25, 0.3) is 0 Å². The summed E-state index contributed by atoms with van der Waals surface area (Å²) < 4.78 is 14.3. The lowest BCUT2D eigenvalue weighted by molar-refractivity contribution is -0.121. The van der Waals surface area contributed by atoms with E-state index in [-0.39, 0.29) is 23.6 Å². The third kappa shape index (κ3) is 4.87. The lowest BCUT2D eigenvalue weighted by atomic mass is 10.2. The van der Waals surface area contributed by atoms with Crippen molar-refractivity contribution >= 4 is 17.6 Å². The minimum absolute atomic E-state index is 0.151. The van der Waals surface area contributed by atoms with E-state index in [1.165, 1.54) is 32.4 Å². The number of amides is 1. The van der Waals surface area contributed by atoms with Crippen LogP contribution in [0, 0.1) is 0 Å². The first kappa shape index (κ1) is 15.9. The van der Waals surface area contributed by atoms with Crippen LogP contribution < -0.4 is 5.32 Å². The van der Waals surface area contributed by atoms with E-state index >= 15 is 0 Å². The molecule has 0 aliphatic heterocycles. The summed E-state index contributed by atoms with van der Waals surface area (Å²) in [5.41, 5.74) is 0.386. The highest BCUT2D eigenvalue weighted by Gasteiger charge is 2.11. The molecule has 20 heavy (non-hydrogen) atoms. The molecule has 0 bridgehead atoms. The van der Waals surface area contributed by atoms with Gasteiger partial charge in [0, 0.05) is 7.11 Å². The fourth-order valence-corrected chi connectivity index (χ4v) is 1.38. The summed E-state index contributed by atoms with van der Waals surface area (Å²) in [7, 11) is 2.77. The van der Waals surface area contributed by atoms with Gasteiger partial charge >= 0.3 is 5.97 Å². The molecule has 1 amide bonds. The lowest BCUT2D eigenvalue weighted by Crippen LogP contribution is -2.19. The number of phenolic OH excluding ortho intramolecular Hbond substituents is 1. The van der Waals surface area contributed by atoms with Gasteiger partial charge in [-0.25, -0.2) is 4.79 Å². The Labute approximate surface area is 116 Å². The molecular weight excluding hydrogens is 266 g/mol. The second-order valence-corrected chi connectivity index (χ2v) is 3.82. The van der Waals surface area contributed by atoms with Gasteiger partial charge in [0.25, 0.3) is 0 Å². The fraction of sp³-hybridized carbons (Fsp3) is 0.385. The molecule has 1 aromatic rings. The molecule has 0 atom stereocenters. The van der Waals surface area contributed by atoms with E-state index in [0.29, 0.717) is 13.2 Å². The van der Waals surface area contributed by atoms with E-state index in [1.807, 2.05) is 0 Å². The standard InChI is InChI=1S/C13H17NO6/c1-18-5-6-20-8-12(16)14-10-4-3-9(7-11(10)15)13(17)19-2/h3-4,7,15H,5-6,8H2,1-2H3,(H,14,16). The largest absolute Gasteiger partial charge is 0.506 e. The highest BCUT2D eigenvalue weighted by Crippen LogP contribution is 2.24. The predicted octanol–water partition coefficient (Wildman–Crippen LogP) is 0.780. The van der Waals surface area contributed by atoms with Crippen LogP contribution in [0.1, 0.15) is 10.4 Å². The first-order valence-electron chi connectivity index (χ1n) is 5.86. The van der Waals surface area contributed by atoms with Gasteiger partial charge in [-0.2, -0.15) is 0 Å². The third-order valence-electron chi connectivity index (χ3n) is 2.36. The number of esters is 1. The first-order valence-corrected chi connectivity index (χ1v) is 5.86. The van der Waals surface area contributed by atoms with E-state index < -0.39 is 11.9 Å². The van der Waals surface area contributed by atoms with Gasteiger partial charge in [-0.3, -0.25) is 4.79 Å². The second-order valence-electron chi connectivity index (χ2n) is 3.82. The molecule has 0 unspecified atom stereocenters. The van der Waals surface area contributed by atoms with E-state index in [4.69, 9.17) is 9.47 Å². The van der Waals surface area contributed by atoms with Crippen molar-refractivity contribution in [3.05, 3.63) is 23.8 Å². The average molecular weight is 283 g/mol. The van der Waals surface area contributed by atoms with Gasteiger partial charge in [0.2, 0.25) is 5.91 Å². The molecule has 2 N–H and O–H groups in total. The monoisotopic (exact) mass is 283 g/mol. The number of aromatic hydroxyl groups is 1. The molecule has 0 aromatic heterocycles. The minimum Gasteiger partial charge on any atom is -0.506 e.